The maximum Gasteiger partial charge on any atom is 0.0420 e. The van der Waals surface area contributed by atoms with E-state index in [0.29, 0.717) is 0 Å². The van der Waals surface area contributed by atoms with Crippen LogP contribution in [0.4, 0.5) is 5.69 Å². The molecule has 0 saturated heterocycles. The van der Waals surface area contributed by atoms with E-state index in [1.54, 1.807) is 0 Å². The lowest BCUT2D eigenvalue weighted by Gasteiger charge is -2.23. The van der Waals surface area contributed by atoms with Gasteiger partial charge in [-0.25, -0.2) is 0 Å². The summed E-state index contributed by atoms with van der Waals surface area (Å²) in [7, 11) is 2.15. The Morgan fingerprint density at radius 1 is 1.19 bits per heavy atom. The molecular formula is C17H22BrN3. The van der Waals surface area contributed by atoms with Gasteiger partial charge in [0.1, 0.15) is 0 Å². The summed E-state index contributed by atoms with van der Waals surface area (Å²) in [6, 6.07) is 10.6. The molecule has 21 heavy (non-hydrogen) atoms. The molecule has 0 radical (unpaired) electrons. The number of hydrogen-bond donors (Lipinski definition) is 1. The van der Waals surface area contributed by atoms with E-state index >= 15 is 0 Å². The van der Waals surface area contributed by atoms with E-state index in [2.05, 4.69) is 75.4 Å². The molecule has 1 aromatic carbocycles. The standard InChI is InChI=1S/C17H22BrN3/c1-3-19-13-15-4-5-16(18)12-17(15)21(2)11-8-14-6-9-20-10-7-14/h4-7,9-10,12,19H,3,8,11,13H2,1-2H3. The second-order valence-corrected chi connectivity index (χ2v) is 6.00. The first kappa shape index (κ1) is 16.0. The van der Waals surface area contributed by atoms with Crippen LogP contribution in [-0.2, 0) is 13.0 Å². The van der Waals surface area contributed by atoms with E-state index in [-0.39, 0.29) is 0 Å². The highest BCUT2D eigenvalue weighted by Gasteiger charge is 2.08. The van der Waals surface area contributed by atoms with Crippen LogP contribution in [0.5, 0.6) is 0 Å². The smallest absolute Gasteiger partial charge is 0.0420 e. The van der Waals surface area contributed by atoms with E-state index in [1.165, 1.54) is 16.8 Å². The van der Waals surface area contributed by atoms with Crippen LogP contribution in [0.25, 0.3) is 0 Å². The first-order valence-electron chi connectivity index (χ1n) is 7.30. The number of nitrogens with one attached hydrogen (secondary N) is 1. The second kappa shape index (κ2) is 8.15. The van der Waals surface area contributed by atoms with Crippen LogP contribution in [0.2, 0.25) is 0 Å². The van der Waals surface area contributed by atoms with Crippen LogP contribution in [0, 0.1) is 0 Å². The van der Waals surface area contributed by atoms with Crippen LogP contribution >= 0.6 is 15.9 Å². The first-order valence-corrected chi connectivity index (χ1v) is 8.09. The molecule has 3 nitrogen and oxygen atoms in total. The van der Waals surface area contributed by atoms with Gasteiger partial charge in [-0.15, -0.1) is 0 Å². The third-order valence-electron chi connectivity index (χ3n) is 3.51. The number of halogens is 1. The van der Waals surface area contributed by atoms with Gasteiger partial charge in [0.25, 0.3) is 0 Å². The maximum atomic E-state index is 4.06. The Morgan fingerprint density at radius 3 is 2.67 bits per heavy atom. The monoisotopic (exact) mass is 347 g/mol. The number of rotatable bonds is 7. The molecule has 1 aromatic heterocycles. The van der Waals surface area contributed by atoms with Crippen molar-refractivity contribution < 1.29 is 0 Å². The van der Waals surface area contributed by atoms with Crippen molar-refractivity contribution >= 4 is 21.6 Å². The Morgan fingerprint density at radius 2 is 1.95 bits per heavy atom. The maximum absolute atomic E-state index is 4.06. The molecule has 4 heteroatoms. The van der Waals surface area contributed by atoms with Gasteiger partial charge in [0.05, 0.1) is 0 Å². The third kappa shape index (κ3) is 4.83. The Balaban J connectivity index is 2.06. The van der Waals surface area contributed by atoms with Crippen molar-refractivity contribution in [3.63, 3.8) is 0 Å². The van der Waals surface area contributed by atoms with E-state index in [0.717, 1.165) is 30.5 Å². The Hall–Kier alpha value is -1.39. The zero-order valence-electron chi connectivity index (χ0n) is 12.6. The number of nitrogens with zero attached hydrogens (tertiary/aromatic N) is 2. The predicted octanol–water partition coefficient (Wildman–Crippen LogP) is 3.63. The average Bonchev–Trinajstić information content (AvgIpc) is 2.52. The third-order valence-corrected chi connectivity index (χ3v) is 4.00. The predicted molar refractivity (Wildman–Crippen MR) is 92.7 cm³/mol. The fourth-order valence-corrected chi connectivity index (χ4v) is 2.62. The molecule has 0 bridgehead atoms. The molecule has 1 heterocycles. The van der Waals surface area contributed by atoms with E-state index in [4.69, 9.17) is 0 Å². The van der Waals surface area contributed by atoms with Crippen LogP contribution in [0.1, 0.15) is 18.1 Å². The lowest BCUT2D eigenvalue weighted by molar-refractivity contribution is 0.722. The highest BCUT2D eigenvalue weighted by atomic mass is 79.9. The fourth-order valence-electron chi connectivity index (χ4n) is 2.27. The molecule has 112 valence electrons. The van der Waals surface area contributed by atoms with Crippen molar-refractivity contribution in [2.24, 2.45) is 0 Å². The quantitative estimate of drug-likeness (QED) is 0.828. The minimum atomic E-state index is 0.901. The van der Waals surface area contributed by atoms with Crippen LogP contribution in [0.3, 0.4) is 0 Å². The SMILES string of the molecule is CCNCc1ccc(Br)cc1N(C)CCc1ccncc1. The summed E-state index contributed by atoms with van der Waals surface area (Å²) in [5.74, 6) is 0. The largest absolute Gasteiger partial charge is 0.374 e. The number of aromatic nitrogens is 1. The lowest BCUT2D eigenvalue weighted by atomic mass is 10.1. The molecule has 0 fully saturated rings. The number of anilines is 1. The van der Waals surface area contributed by atoms with Crippen LogP contribution in [-0.4, -0.2) is 25.1 Å². The van der Waals surface area contributed by atoms with Crippen molar-refractivity contribution in [1.82, 2.24) is 10.3 Å². The molecule has 0 spiro atoms. The number of likely N-dealkylation sites (N-methyl/N-ethyl adjacent to an activating group) is 1. The zero-order chi connectivity index (χ0) is 15.1. The van der Waals surface area contributed by atoms with E-state index in [1.807, 2.05) is 12.4 Å². The Bertz CT molecular complexity index is 557. The van der Waals surface area contributed by atoms with Crippen molar-refractivity contribution in [2.75, 3.05) is 25.0 Å². The average molecular weight is 348 g/mol. The number of pyridine rings is 1. The number of benzene rings is 1. The molecule has 0 saturated carbocycles. The molecule has 0 aliphatic heterocycles. The van der Waals surface area contributed by atoms with Gasteiger partial charge in [-0.2, -0.15) is 0 Å². The second-order valence-electron chi connectivity index (χ2n) is 5.08. The topological polar surface area (TPSA) is 28.2 Å². The molecule has 1 N–H and O–H groups in total. The van der Waals surface area contributed by atoms with Crippen molar-refractivity contribution in [3.05, 3.63) is 58.3 Å². The Labute approximate surface area is 135 Å². The summed E-state index contributed by atoms with van der Waals surface area (Å²) in [4.78, 5) is 6.38. The molecule has 2 aromatic rings. The molecule has 0 aliphatic carbocycles. The highest BCUT2D eigenvalue weighted by Crippen LogP contribution is 2.24. The lowest BCUT2D eigenvalue weighted by Crippen LogP contribution is -2.23. The first-order chi connectivity index (χ1) is 10.2. The summed E-state index contributed by atoms with van der Waals surface area (Å²) in [6.07, 6.45) is 4.72. The van der Waals surface area contributed by atoms with Gasteiger partial charge in [-0.3, -0.25) is 4.98 Å². The van der Waals surface area contributed by atoms with Gasteiger partial charge in [-0.1, -0.05) is 28.9 Å². The minimum absolute atomic E-state index is 0.901. The fraction of sp³-hybridized carbons (Fsp3) is 0.353. The van der Waals surface area contributed by atoms with Gasteiger partial charge in [0.2, 0.25) is 0 Å². The van der Waals surface area contributed by atoms with Crippen LogP contribution in [0.15, 0.2) is 47.2 Å². The molecule has 0 unspecified atom stereocenters. The van der Waals surface area contributed by atoms with Crippen molar-refractivity contribution in [2.45, 2.75) is 19.9 Å². The summed E-state index contributed by atoms with van der Waals surface area (Å²) in [5.41, 5.74) is 3.93. The number of hydrogen-bond acceptors (Lipinski definition) is 3. The minimum Gasteiger partial charge on any atom is -0.374 e. The summed E-state index contributed by atoms with van der Waals surface area (Å²) in [6.45, 7) is 5.00. The van der Waals surface area contributed by atoms with Gasteiger partial charge < -0.3 is 10.2 Å². The molecular weight excluding hydrogens is 326 g/mol. The molecule has 0 aliphatic rings. The summed E-state index contributed by atoms with van der Waals surface area (Å²) in [5, 5.41) is 3.40. The summed E-state index contributed by atoms with van der Waals surface area (Å²) < 4.78 is 1.12. The van der Waals surface area contributed by atoms with Gasteiger partial charge in [0.15, 0.2) is 0 Å². The van der Waals surface area contributed by atoms with Crippen LogP contribution < -0.4 is 10.2 Å². The van der Waals surface area contributed by atoms with Gasteiger partial charge in [0, 0.05) is 42.7 Å². The normalized spacial score (nSPS) is 10.6. The molecule has 2 rings (SSSR count). The zero-order valence-corrected chi connectivity index (χ0v) is 14.2. The van der Waals surface area contributed by atoms with E-state index < -0.39 is 0 Å². The molecule has 0 amide bonds. The van der Waals surface area contributed by atoms with Crippen molar-refractivity contribution in [3.8, 4) is 0 Å². The summed E-state index contributed by atoms with van der Waals surface area (Å²) >= 11 is 3.57. The van der Waals surface area contributed by atoms with Gasteiger partial charge >= 0.3 is 0 Å². The Kier molecular flexibility index (Phi) is 6.21. The van der Waals surface area contributed by atoms with Gasteiger partial charge in [-0.05, 0) is 48.4 Å². The molecule has 0 atom stereocenters. The van der Waals surface area contributed by atoms with Crippen molar-refractivity contribution in [1.29, 1.82) is 0 Å². The highest BCUT2D eigenvalue weighted by molar-refractivity contribution is 9.10. The van der Waals surface area contributed by atoms with E-state index in [9.17, 15) is 0 Å².